The molecule has 0 fully saturated rings. The fourth-order valence-electron chi connectivity index (χ4n) is 1.89. The van der Waals surface area contributed by atoms with Crippen LogP contribution in [0.1, 0.15) is 11.1 Å². The Morgan fingerprint density at radius 3 is 2.57 bits per heavy atom. The summed E-state index contributed by atoms with van der Waals surface area (Å²) >= 11 is 0. The number of nitro benzene ring substituents is 1. The molecular formula is C14H12F2N2O3. The van der Waals surface area contributed by atoms with Crippen molar-refractivity contribution in [2.45, 2.75) is 13.5 Å². The molecule has 0 saturated heterocycles. The lowest BCUT2D eigenvalue weighted by Crippen LogP contribution is -2.05. The lowest BCUT2D eigenvalue weighted by Gasteiger charge is -2.10. The minimum Gasteiger partial charge on any atom is -0.508 e. The van der Waals surface area contributed by atoms with E-state index in [2.05, 4.69) is 5.32 Å². The predicted octanol–water partition coefficient (Wildman–Crippen LogP) is 3.50. The molecule has 0 heterocycles. The van der Waals surface area contributed by atoms with E-state index in [4.69, 9.17) is 0 Å². The number of hydrogen-bond acceptors (Lipinski definition) is 4. The average Bonchev–Trinajstić information content (AvgIpc) is 2.39. The normalized spacial score (nSPS) is 10.4. The summed E-state index contributed by atoms with van der Waals surface area (Å²) in [5, 5.41) is 22.8. The molecule has 0 aliphatic heterocycles. The lowest BCUT2D eigenvalue weighted by atomic mass is 10.1. The number of aromatic hydroxyl groups is 1. The summed E-state index contributed by atoms with van der Waals surface area (Å²) < 4.78 is 26.8. The van der Waals surface area contributed by atoms with E-state index in [1.165, 1.54) is 12.1 Å². The van der Waals surface area contributed by atoms with Crippen molar-refractivity contribution in [1.82, 2.24) is 0 Å². The first kappa shape index (κ1) is 14.7. The molecule has 7 heteroatoms. The van der Waals surface area contributed by atoms with Crippen LogP contribution < -0.4 is 5.32 Å². The number of nitrogens with zero attached hydrogens (tertiary/aromatic N) is 1. The van der Waals surface area contributed by atoms with Gasteiger partial charge in [0, 0.05) is 29.9 Å². The Morgan fingerprint density at radius 2 is 1.95 bits per heavy atom. The van der Waals surface area contributed by atoms with Crippen LogP contribution >= 0.6 is 0 Å². The number of aryl methyl sites for hydroxylation is 1. The maximum Gasteiger partial charge on any atom is 0.305 e. The van der Waals surface area contributed by atoms with Crippen molar-refractivity contribution in [3.8, 4) is 5.75 Å². The van der Waals surface area contributed by atoms with Gasteiger partial charge in [0.15, 0.2) is 0 Å². The molecule has 0 unspecified atom stereocenters. The minimum absolute atomic E-state index is 0.0180. The molecule has 0 aliphatic carbocycles. The highest BCUT2D eigenvalue weighted by atomic mass is 19.1. The van der Waals surface area contributed by atoms with Crippen molar-refractivity contribution in [3.05, 3.63) is 63.2 Å². The van der Waals surface area contributed by atoms with E-state index in [0.29, 0.717) is 11.8 Å². The van der Waals surface area contributed by atoms with Crippen LogP contribution in [0.15, 0.2) is 30.3 Å². The van der Waals surface area contributed by atoms with Gasteiger partial charge < -0.3 is 10.4 Å². The number of nitro groups is 1. The summed E-state index contributed by atoms with van der Waals surface area (Å²) in [5.74, 6) is -1.97. The highest BCUT2D eigenvalue weighted by Crippen LogP contribution is 2.24. The summed E-state index contributed by atoms with van der Waals surface area (Å²) in [6.45, 7) is 1.70. The summed E-state index contributed by atoms with van der Waals surface area (Å²) in [5.41, 5.74) is 0.581. The molecule has 110 valence electrons. The summed E-state index contributed by atoms with van der Waals surface area (Å²) in [6, 6.07) is 5.94. The summed E-state index contributed by atoms with van der Waals surface area (Å²) in [7, 11) is 0. The molecule has 2 aromatic carbocycles. The predicted molar refractivity (Wildman–Crippen MR) is 73.2 cm³/mol. The van der Waals surface area contributed by atoms with Crippen molar-refractivity contribution >= 4 is 11.4 Å². The van der Waals surface area contributed by atoms with Gasteiger partial charge in [-0.25, -0.2) is 4.39 Å². The number of rotatable bonds is 4. The molecule has 2 aromatic rings. The molecule has 5 nitrogen and oxygen atoms in total. The Kier molecular flexibility index (Phi) is 4.02. The molecule has 0 aromatic heterocycles. The van der Waals surface area contributed by atoms with Gasteiger partial charge in [-0.1, -0.05) is 0 Å². The molecule has 0 bridgehead atoms. The second kappa shape index (κ2) is 5.74. The van der Waals surface area contributed by atoms with Crippen LogP contribution in [0.5, 0.6) is 5.75 Å². The summed E-state index contributed by atoms with van der Waals surface area (Å²) in [4.78, 5) is 9.75. The van der Waals surface area contributed by atoms with Gasteiger partial charge in [0.25, 0.3) is 0 Å². The van der Waals surface area contributed by atoms with E-state index in [1.807, 2.05) is 0 Å². The van der Waals surface area contributed by atoms with Gasteiger partial charge in [-0.2, -0.15) is 4.39 Å². The average molecular weight is 294 g/mol. The number of phenols is 1. The zero-order chi connectivity index (χ0) is 15.6. The van der Waals surface area contributed by atoms with Crippen molar-refractivity contribution < 1.29 is 18.8 Å². The first-order valence-corrected chi connectivity index (χ1v) is 6.04. The fourth-order valence-corrected chi connectivity index (χ4v) is 1.89. The standard InChI is InChI=1S/C14H12F2N2O3/c1-8-4-10(19)2-3-13(8)17-7-9-5-14(18(20)21)12(16)6-11(9)15/h2-6,17,19H,7H2,1H3. The molecule has 0 radical (unpaired) electrons. The number of hydrogen-bond donors (Lipinski definition) is 2. The topological polar surface area (TPSA) is 75.4 Å². The van der Waals surface area contributed by atoms with Crippen molar-refractivity contribution in [2.75, 3.05) is 5.32 Å². The van der Waals surface area contributed by atoms with Crippen LogP contribution in [-0.4, -0.2) is 10.0 Å². The molecule has 0 spiro atoms. The van der Waals surface area contributed by atoms with Gasteiger partial charge in [0.05, 0.1) is 4.92 Å². The molecule has 0 aliphatic rings. The number of nitrogens with one attached hydrogen (secondary N) is 1. The van der Waals surface area contributed by atoms with Crippen LogP contribution in [-0.2, 0) is 6.54 Å². The van der Waals surface area contributed by atoms with Gasteiger partial charge in [-0.05, 0) is 30.7 Å². The monoisotopic (exact) mass is 294 g/mol. The van der Waals surface area contributed by atoms with E-state index in [1.54, 1.807) is 13.0 Å². The van der Waals surface area contributed by atoms with Crippen molar-refractivity contribution in [1.29, 1.82) is 0 Å². The van der Waals surface area contributed by atoms with Gasteiger partial charge >= 0.3 is 5.69 Å². The fraction of sp³-hybridized carbons (Fsp3) is 0.143. The molecule has 0 atom stereocenters. The van der Waals surface area contributed by atoms with Crippen molar-refractivity contribution in [2.24, 2.45) is 0 Å². The van der Waals surface area contributed by atoms with Crippen molar-refractivity contribution in [3.63, 3.8) is 0 Å². The van der Waals surface area contributed by atoms with E-state index in [-0.39, 0.29) is 17.9 Å². The first-order valence-electron chi connectivity index (χ1n) is 6.04. The van der Waals surface area contributed by atoms with Gasteiger partial charge in [0.1, 0.15) is 11.6 Å². The highest BCUT2D eigenvalue weighted by Gasteiger charge is 2.18. The molecule has 2 rings (SSSR count). The van der Waals surface area contributed by atoms with E-state index < -0.39 is 22.2 Å². The Bertz CT molecular complexity index is 705. The number of anilines is 1. The SMILES string of the molecule is Cc1cc(O)ccc1NCc1cc([N+](=O)[O-])c(F)cc1F. The van der Waals surface area contributed by atoms with E-state index >= 15 is 0 Å². The third-order valence-corrected chi connectivity index (χ3v) is 2.99. The second-order valence-electron chi connectivity index (χ2n) is 4.50. The van der Waals surface area contributed by atoms with Crippen LogP contribution in [0.25, 0.3) is 0 Å². The molecule has 21 heavy (non-hydrogen) atoms. The quantitative estimate of drug-likeness (QED) is 0.514. The van der Waals surface area contributed by atoms with E-state index in [0.717, 1.165) is 11.6 Å². The molecule has 0 amide bonds. The van der Waals surface area contributed by atoms with Crippen LogP contribution in [0.4, 0.5) is 20.2 Å². The van der Waals surface area contributed by atoms with Gasteiger partial charge in [0.2, 0.25) is 5.82 Å². The Hall–Kier alpha value is -2.70. The zero-order valence-corrected chi connectivity index (χ0v) is 11.1. The number of halogens is 2. The first-order chi connectivity index (χ1) is 9.88. The Morgan fingerprint density at radius 1 is 1.24 bits per heavy atom. The smallest absolute Gasteiger partial charge is 0.305 e. The van der Waals surface area contributed by atoms with Crippen LogP contribution in [0, 0.1) is 28.7 Å². The highest BCUT2D eigenvalue weighted by molar-refractivity contribution is 5.54. The Balaban J connectivity index is 2.23. The minimum atomic E-state index is -1.21. The summed E-state index contributed by atoms with van der Waals surface area (Å²) in [6.07, 6.45) is 0. The van der Waals surface area contributed by atoms with Crippen LogP contribution in [0.3, 0.4) is 0 Å². The maximum atomic E-state index is 13.6. The van der Waals surface area contributed by atoms with Crippen LogP contribution in [0.2, 0.25) is 0 Å². The third kappa shape index (κ3) is 3.25. The van der Waals surface area contributed by atoms with E-state index in [9.17, 15) is 24.0 Å². The van der Waals surface area contributed by atoms with Gasteiger partial charge in [-0.15, -0.1) is 0 Å². The molecular weight excluding hydrogens is 282 g/mol. The number of benzene rings is 2. The van der Waals surface area contributed by atoms with Gasteiger partial charge in [-0.3, -0.25) is 10.1 Å². The third-order valence-electron chi connectivity index (χ3n) is 2.99. The Labute approximate surface area is 119 Å². The second-order valence-corrected chi connectivity index (χ2v) is 4.50. The molecule has 2 N–H and O–H groups in total. The zero-order valence-electron chi connectivity index (χ0n) is 11.1. The lowest BCUT2D eigenvalue weighted by molar-refractivity contribution is -0.387. The maximum absolute atomic E-state index is 13.6. The largest absolute Gasteiger partial charge is 0.508 e. The molecule has 0 saturated carbocycles. The number of phenolic OH excluding ortho intramolecular Hbond substituents is 1.